The van der Waals surface area contributed by atoms with E-state index in [0.29, 0.717) is 19.2 Å². The SMILES string of the molecule is CCOC(=O)C1NNCC1c1c(-c2ccccc2)ncn1C1CC=CC1. The molecule has 2 aromatic rings. The third kappa shape index (κ3) is 3.06. The predicted molar refractivity (Wildman–Crippen MR) is 99.4 cm³/mol. The molecule has 136 valence electrons. The van der Waals surface area contributed by atoms with Gasteiger partial charge < -0.3 is 9.30 Å². The van der Waals surface area contributed by atoms with Gasteiger partial charge in [0.1, 0.15) is 6.04 Å². The number of aromatic nitrogens is 2. The van der Waals surface area contributed by atoms with E-state index in [1.165, 1.54) is 0 Å². The standard InChI is InChI=1S/C20H24N4O2/c1-2-26-20(25)18-16(12-22-23-18)19-17(14-8-4-3-5-9-14)21-13-24(19)15-10-6-7-11-15/h3-9,13,15-16,18,22-23H,2,10-12H2,1H3. The highest BCUT2D eigenvalue weighted by Crippen LogP contribution is 2.36. The molecule has 0 amide bonds. The van der Waals surface area contributed by atoms with Crippen LogP contribution >= 0.6 is 0 Å². The van der Waals surface area contributed by atoms with E-state index in [-0.39, 0.29) is 11.9 Å². The highest BCUT2D eigenvalue weighted by atomic mass is 16.5. The minimum Gasteiger partial charge on any atom is -0.465 e. The summed E-state index contributed by atoms with van der Waals surface area (Å²) in [5.41, 5.74) is 9.35. The molecule has 1 fully saturated rings. The molecule has 1 aromatic heterocycles. The van der Waals surface area contributed by atoms with Crippen LogP contribution in [0.15, 0.2) is 48.8 Å². The Morgan fingerprint density at radius 2 is 2.04 bits per heavy atom. The Labute approximate surface area is 153 Å². The Bertz CT molecular complexity index is 791. The molecule has 2 atom stereocenters. The molecule has 6 nitrogen and oxygen atoms in total. The molecule has 4 rings (SSSR count). The Balaban J connectivity index is 1.77. The van der Waals surface area contributed by atoms with Gasteiger partial charge in [-0.15, -0.1) is 0 Å². The zero-order chi connectivity index (χ0) is 17.9. The molecule has 1 aromatic carbocycles. The van der Waals surface area contributed by atoms with Crippen molar-refractivity contribution in [3.8, 4) is 11.3 Å². The van der Waals surface area contributed by atoms with Gasteiger partial charge in [0.25, 0.3) is 0 Å². The largest absolute Gasteiger partial charge is 0.465 e. The van der Waals surface area contributed by atoms with E-state index in [2.05, 4.69) is 39.7 Å². The van der Waals surface area contributed by atoms with Crippen LogP contribution in [-0.4, -0.2) is 34.7 Å². The van der Waals surface area contributed by atoms with Gasteiger partial charge in [-0.3, -0.25) is 10.2 Å². The van der Waals surface area contributed by atoms with E-state index in [0.717, 1.165) is 29.8 Å². The number of carbonyl (C=O) groups excluding carboxylic acids is 1. The summed E-state index contributed by atoms with van der Waals surface area (Å²) in [6.07, 6.45) is 8.34. The number of esters is 1. The molecular formula is C20H24N4O2. The summed E-state index contributed by atoms with van der Waals surface area (Å²) >= 11 is 0. The van der Waals surface area contributed by atoms with Crippen LogP contribution in [0, 0.1) is 0 Å². The highest BCUT2D eigenvalue weighted by molar-refractivity contribution is 5.78. The van der Waals surface area contributed by atoms with Crippen molar-refractivity contribution in [2.24, 2.45) is 0 Å². The van der Waals surface area contributed by atoms with Crippen LogP contribution in [-0.2, 0) is 9.53 Å². The van der Waals surface area contributed by atoms with Gasteiger partial charge in [-0.2, -0.15) is 0 Å². The summed E-state index contributed by atoms with van der Waals surface area (Å²) in [6.45, 7) is 2.87. The number of hydrogen-bond acceptors (Lipinski definition) is 5. The summed E-state index contributed by atoms with van der Waals surface area (Å²) in [5.74, 6) is -0.258. The van der Waals surface area contributed by atoms with Gasteiger partial charge in [0, 0.05) is 24.1 Å². The Hall–Kier alpha value is -2.44. The molecule has 0 radical (unpaired) electrons. The first kappa shape index (κ1) is 17.0. The lowest BCUT2D eigenvalue weighted by molar-refractivity contribution is -0.145. The number of hydrogen-bond donors (Lipinski definition) is 2. The molecule has 2 N–H and O–H groups in total. The van der Waals surface area contributed by atoms with E-state index >= 15 is 0 Å². The third-order valence-corrected chi connectivity index (χ3v) is 5.13. The fourth-order valence-electron chi connectivity index (χ4n) is 3.88. The molecule has 6 heteroatoms. The lowest BCUT2D eigenvalue weighted by Crippen LogP contribution is -2.39. The van der Waals surface area contributed by atoms with Crippen LogP contribution < -0.4 is 10.9 Å². The molecule has 2 unspecified atom stereocenters. The monoisotopic (exact) mass is 352 g/mol. The Morgan fingerprint density at radius 3 is 2.77 bits per heavy atom. The Kier molecular flexibility index (Phi) is 4.86. The van der Waals surface area contributed by atoms with Crippen LogP contribution in [0.4, 0.5) is 0 Å². The third-order valence-electron chi connectivity index (χ3n) is 5.13. The molecule has 0 spiro atoms. The smallest absolute Gasteiger partial charge is 0.325 e. The molecule has 1 saturated heterocycles. The maximum atomic E-state index is 12.5. The first-order valence-electron chi connectivity index (χ1n) is 9.21. The van der Waals surface area contributed by atoms with Gasteiger partial charge in [-0.05, 0) is 19.8 Å². The van der Waals surface area contributed by atoms with Gasteiger partial charge in [0.05, 0.1) is 24.3 Å². The summed E-state index contributed by atoms with van der Waals surface area (Å²) < 4.78 is 7.54. The van der Waals surface area contributed by atoms with Crippen molar-refractivity contribution < 1.29 is 9.53 Å². The van der Waals surface area contributed by atoms with Gasteiger partial charge in [0.15, 0.2) is 0 Å². The van der Waals surface area contributed by atoms with E-state index < -0.39 is 6.04 Å². The topological polar surface area (TPSA) is 68.2 Å². The minimum absolute atomic E-state index is 0.0349. The summed E-state index contributed by atoms with van der Waals surface area (Å²) in [4.78, 5) is 17.2. The predicted octanol–water partition coefficient (Wildman–Crippen LogP) is 2.56. The number of carbonyl (C=O) groups is 1. The van der Waals surface area contributed by atoms with Crippen molar-refractivity contribution in [1.29, 1.82) is 0 Å². The number of hydrazine groups is 1. The second-order valence-electron chi connectivity index (χ2n) is 6.71. The normalized spacial score (nSPS) is 22.8. The quantitative estimate of drug-likeness (QED) is 0.639. The number of benzene rings is 1. The molecule has 2 heterocycles. The fourth-order valence-corrected chi connectivity index (χ4v) is 3.88. The molecule has 1 aliphatic carbocycles. The number of rotatable bonds is 5. The second-order valence-corrected chi connectivity index (χ2v) is 6.71. The molecule has 0 saturated carbocycles. The van der Waals surface area contributed by atoms with Crippen LogP contribution in [0.1, 0.15) is 37.4 Å². The van der Waals surface area contributed by atoms with Crippen molar-refractivity contribution in [2.75, 3.05) is 13.2 Å². The van der Waals surface area contributed by atoms with Crippen molar-refractivity contribution >= 4 is 5.97 Å². The average Bonchev–Trinajstić information content (AvgIpc) is 3.40. The van der Waals surface area contributed by atoms with Crippen molar-refractivity contribution in [1.82, 2.24) is 20.4 Å². The minimum atomic E-state index is -0.415. The summed E-state index contributed by atoms with van der Waals surface area (Å²) in [7, 11) is 0. The maximum absolute atomic E-state index is 12.5. The number of nitrogens with one attached hydrogen (secondary N) is 2. The van der Waals surface area contributed by atoms with E-state index in [9.17, 15) is 4.79 Å². The van der Waals surface area contributed by atoms with E-state index in [1.54, 1.807) is 0 Å². The lowest BCUT2D eigenvalue weighted by atomic mass is 9.93. The van der Waals surface area contributed by atoms with Crippen LogP contribution in [0.5, 0.6) is 0 Å². The first-order valence-corrected chi connectivity index (χ1v) is 9.21. The first-order chi connectivity index (χ1) is 12.8. The van der Waals surface area contributed by atoms with Crippen molar-refractivity contribution in [2.45, 2.75) is 37.8 Å². The van der Waals surface area contributed by atoms with E-state index in [1.807, 2.05) is 31.5 Å². The lowest BCUT2D eigenvalue weighted by Gasteiger charge is -2.23. The van der Waals surface area contributed by atoms with Gasteiger partial charge in [-0.1, -0.05) is 42.5 Å². The van der Waals surface area contributed by atoms with Crippen molar-refractivity contribution in [3.05, 3.63) is 54.5 Å². The molecule has 26 heavy (non-hydrogen) atoms. The van der Waals surface area contributed by atoms with Gasteiger partial charge in [0.2, 0.25) is 0 Å². The molecular weight excluding hydrogens is 328 g/mol. The zero-order valence-electron chi connectivity index (χ0n) is 14.9. The van der Waals surface area contributed by atoms with Gasteiger partial charge >= 0.3 is 5.97 Å². The zero-order valence-corrected chi connectivity index (χ0v) is 14.9. The van der Waals surface area contributed by atoms with Crippen LogP contribution in [0.2, 0.25) is 0 Å². The number of allylic oxidation sites excluding steroid dienone is 2. The maximum Gasteiger partial charge on any atom is 0.325 e. The second kappa shape index (κ2) is 7.43. The summed E-state index contributed by atoms with van der Waals surface area (Å²) in [5, 5.41) is 0. The molecule has 2 aliphatic rings. The number of nitrogens with zero attached hydrogens (tertiary/aromatic N) is 2. The van der Waals surface area contributed by atoms with Crippen molar-refractivity contribution in [3.63, 3.8) is 0 Å². The van der Waals surface area contributed by atoms with E-state index in [4.69, 9.17) is 9.72 Å². The Morgan fingerprint density at radius 1 is 1.27 bits per heavy atom. The van der Waals surface area contributed by atoms with Gasteiger partial charge in [-0.25, -0.2) is 10.4 Å². The highest BCUT2D eigenvalue weighted by Gasteiger charge is 2.39. The number of imidazole rings is 1. The number of ether oxygens (including phenoxy) is 1. The van der Waals surface area contributed by atoms with Crippen LogP contribution in [0.25, 0.3) is 11.3 Å². The molecule has 0 bridgehead atoms. The average molecular weight is 352 g/mol. The summed E-state index contributed by atoms with van der Waals surface area (Å²) in [6, 6.07) is 10.1. The van der Waals surface area contributed by atoms with Crippen LogP contribution in [0.3, 0.4) is 0 Å². The molecule has 1 aliphatic heterocycles. The fraction of sp³-hybridized carbons (Fsp3) is 0.400.